The molecule has 0 atom stereocenters. The average Bonchev–Trinajstić information content (AvgIpc) is 3.18. The van der Waals surface area contributed by atoms with Crippen molar-refractivity contribution in [1.29, 1.82) is 5.26 Å². The van der Waals surface area contributed by atoms with Crippen LogP contribution in [0.1, 0.15) is 29.7 Å². The molecule has 5 nitrogen and oxygen atoms in total. The Morgan fingerprint density at radius 3 is 2.72 bits per heavy atom. The van der Waals surface area contributed by atoms with Gasteiger partial charge in [0.2, 0.25) is 0 Å². The van der Waals surface area contributed by atoms with E-state index in [1.807, 2.05) is 13.8 Å². The molecular weight excluding hydrogens is 226 g/mol. The highest BCUT2D eigenvalue weighted by molar-refractivity contribution is 5.55. The van der Waals surface area contributed by atoms with Crippen LogP contribution in [-0.4, -0.2) is 41.3 Å². The number of aromatic nitrogens is 2. The Kier molecular flexibility index (Phi) is 3.78. The molecule has 0 radical (unpaired) electrons. The van der Waals surface area contributed by atoms with Crippen molar-refractivity contribution in [3.05, 3.63) is 16.8 Å². The third kappa shape index (κ3) is 2.77. The van der Waals surface area contributed by atoms with Gasteiger partial charge in [-0.2, -0.15) is 10.4 Å². The highest BCUT2D eigenvalue weighted by atomic mass is 15.2. The zero-order chi connectivity index (χ0) is 13.1. The van der Waals surface area contributed by atoms with Gasteiger partial charge < -0.3 is 10.2 Å². The average molecular weight is 245 g/mol. The molecule has 1 aromatic rings. The molecule has 0 amide bonds. The van der Waals surface area contributed by atoms with Gasteiger partial charge in [0.25, 0.3) is 0 Å². The summed E-state index contributed by atoms with van der Waals surface area (Å²) in [6.07, 6.45) is 2.62. The first kappa shape index (κ1) is 12.8. The number of hydrogen-bond acceptors (Lipinski definition) is 5. The Hall–Kier alpha value is -1.67. The summed E-state index contributed by atoms with van der Waals surface area (Å²) in [5, 5.41) is 20.5. The molecule has 18 heavy (non-hydrogen) atoms. The van der Waals surface area contributed by atoms with Crippen LogP contribution in [0.5, 0.6) is 0 Å². The fraction of sp³-hybridized carbons (Fsp3) is 0.615. The molecule has 1 aliphatic carbocycles. The van der Waals surface area contributed by atoms with E-state index in [1.54, 1.807) is 0 Å². The molecule has 1 fully saturated rings. The summed E-state index contributed by atoms with van der Waals surface area (Å²) in [6.45, 7) is 5.53. The van der Waals surface area contributed by atoms with Crippen LogP contribution in [0, 0.1) is 25.2 Å². The van der Waals surface area contributed by atoms with Gasteiger partial charge >= 0.3 is 0 Å². The van der Waals surface area contributed by atoms with Crippen molar-refractivity contribution in [3.63, 3.8) is 0 Å². The molecule has 0 unspecified atom stereocenters. The SMILES string of the molecule is Cc1nnc(NCCN(C)C2CC2)c(C#N)c1C. The molecule has 0 bridgehead atoms. The largest absolute Gasteiger partial charge is 0.366 e. The Bertz CT molecular complexity index is 473. The minimum absolute atomic E-state index is 0.602. The van der Waals surface area contributed by atoms with Gasteiger partial charge in [-0.1, -0.05) is 0 Å². The van der Waals surface area contributed by atoms with E-state index in [2.05, 4.69) is 33.5 Å². The van der Waals surface area contributed by atoms with Crippen LogP contribution < -0.4 is 5.32 Å². The van der Waals surface area contributed by atoms with Gasteiger partial charge in [-0.25, -0.2) is 0 Å². The van der Waals surface area contributed by atoms with Gasteiger partial charge in [-0.15, -0.1) is 5.10 Å². The lowest BCUT2D eigenvalue weighted by molar-refractivity contribution is 0.337. The Morgan fingerprint density at radius 1 is 1.39 bits per heavy atom. The molecule has 96 valence electrons. The van der Waals surface area contributed by atoms with Crippen molar-refractivity contribution in [2.75, 3.05) is 25.5 Å². The summed E-state index contributed by atoms with van der Waals surface area (Å²) in [5.74, 6) is 0.602. The van der Waals surface area contributed by atoms with Crippen LogP contribution in [0.3, 0.4) is 0 Å². The molecule has 1 aromatic heterocycles. The van der Waals surface area contributed by atoms with Crippen LogP contribution >= 0.6 is 0 Å². The molecule has 5 heteroatoms. The predicted octanol–water partition coefficient (Wildman–Crippen LogP) is 1.47. The summed E-state index contributed by atoms with van der Waals surface area (Å²) >= 11 is 0. The summed E-state index contributed by atoms with van der Waals surface area (Å²) in [4.78, 5) is 2.34. The third-order valence-corrected chi connectivity index (χ3v) is 3.49. The lowest BCUT2D eigenvalue weighted by Gasteiger charge is -2.16. The van der Waals surface area contributed by atoms with E-state index in [0.717, 1.165) is 30.4 Å². The molecule has 1 aliphatic rings. The van der Waals surface area contributed by atoms with Crippen molar-refractivity contribution in [2.45, 2.75) is 32.7 Å². The minimum Gasteiger partial charge on any atom is -0.366 e. The maximum atomic E-state index is 9.16. The molecule has 0 aliphatic heterocycles. The first-order valence-corrected chi connectivity index (χ1v) is 6.31. The van der Waals surface area contributed by atoms with Crippen molar-refractivity contribution in [1.82, 2.24) is 15.1 Å². The highest BCUT2D eigenvalue weighted by Gasteiger charge is 2.25. The van der Waals surface area contributed by atoms with E-state index in [9.17, 15) is 0 Å². The standard InChI is InChI=1S/C13H19N5/c1-9-10(2)16-17-13(12(9)8-14)15-6-7-18(3)11-4-5-11/h11H,4-7H2,1-3H3,(H,15,17). The number of hydrogen-bond donors (Lipinski definition) is 1. The lowest BCUT2D eigenvalue weighted by Crippen LogP contribution is -2.27. The second kappa shape index (κ2) is 5.32. The van der Waals surface area contributed by atoms with Gasteiger partial charge in [0.1, 0.15) is 11.6 Å². The lowest BCUT2D eigenvalue weighted by atomic mass is 10.1. The zero-order valence-electron chi connectivity index (χ0n) is 11.2. The third-order valence-electron chi connectivity index (χ3n) is 3.49. The van der Waals surface area contributed by atoms with E-state index >= 15 is 0 Å². The van der Waals surface area contributed by atoms with Crippen molar-refractivity contribution >= 4 is 5.82 Å². The van der Waals surface area contributed by atoms with Crippen LogP contribution in [0.15, 0.2) is 0 Å². The first-order chi connectivity index (χ1) is 8.63. The van der Waals surface area contributed by atoms with Crippen molar-refractivity contribution < 1.29 is 0 Å². The molecule has 1 saturated carbocycles. The molecule has 1 N–H and O–H groups in total. The minimum atomic E-state index is 0.602. The number of likely N-dealkylation sites (N-methyl/N-ethyl adjacent to an activating group) is 1. The van der Waals surface area contributed by atoms with Crippen LogP contribution in [0.2, 0.25) is 0 Å². The van der Waals surface area contributed by atoms with E-state index in [1.165, 1.54) is 12.8 Å². The maximum absolute atomic E-state index is 9.16. The van der Waals surface area contributed by atoms with Crippen molar-refractivity contribution in [3.8, 4) is 6.07 Å². The van der Waals surface area contributed by atoms with E-state index in [4.69, 9.17) is 5.26 Å². The number of aryl methyl sites for hydroxylation is 1. The van der Waals surface area contributed by atoms with Crippen LogP contribution in [0.25, 0.3) is 0 Å². The number of nitrogens with one attached hydrogen (secondary N) is 1. The Morgan fingerprint density at radius 2 is 2.11 bits per heavy atom. The summed E-state index contributed by atoms with van der Waals surface area (Å²) in [5.41, 5.74) is 2.33. The van der Waals surface area contributed by atoms with E-state index in [0.29, 0.717) is 11.4 Å². The topological polar surface area (TPSA) is 64.8 Å². The second-order valence-corrected chi connectivity index (χ2v) is 4.88. The van der Waals surface area contributed by atoms with Gasteiger partial charge in [0, 0.05) is 19.1 Å². The number of nitrogens with zero attached hydrogens (tertiary/aromatic N) is 4. The van der Waals surface area contributed by atoms with Gasteiger partial charge in [0.05, 0.1) is 5.69 Å². The molecule has 1 heterocycles. The van der Waals surface area contributed by atoms with Crippen LogP contribution in [-0.2, 0) is 0 Å². The van der Waals surface area contributed by atoms with Crippen molar-refractivity contribution in [2.24, 2.45) is 0 Å². The maximum Gasteiger partial charge on any atom is 0.166 e. The quantitative estimate of drug-likeness (QED) is 0.851. The Balaban J connectivity index is 1.96. The summed E-state index contributed by atoms with van der Waals surface area (Å²) in [7, 11) is 2.14. The van der Waals surface area contributed by atoms with Crippen LogP contribution in [0.4, 0.5) is 5.82 Å². The number of nitriles is 1. The zero-order valence-corrected chi connectivity index (χ0v) is 11.2. The fourth-order valence-corrected chi connectivity index (χ4v) is 1.92. The summed E-state index contributed by atoms with van der Waals surface area (Å²) in [6, 6.07) is 2.96. The highest BCUT2D eigenvalue weighted by Crippen LogP contribution is 2.24. The van der Waals surface area contributed by atoms with Gasteiger partial charge in [-0.05, 0) is 39.3 Å². The fourth-order valence-electron chi connectivity index (χ4n) is 1.92. The first-order valence-electron chi connectivity index (χ1n) is 6.31. The van der Waals surface area contributed by atoms with Gasteiger partial charge in [0.15, 0.2) is 5.82 Å². The summed E-state index contributed by atoms with van der Waals surface area (Å²) < 4.78 is 0. The molecule has 0 aromatic carbocycles. The predicted molar refractivity (Wildman–Crippen MR) is 70.4 cm³/mol. The Labute approximate surface area is 108 Å². The van der Waals surface area contributed by atoms with E-state index in [-0.39, 0.29) is 0 Å². The normalized spacial score (nSPS) is 14.6. The molecule has 2 rings (SSSR count). The van der Waals surface area contributed by atoms with Gasteiger partial charge in [-0.3, -0.25) is 0 Å². The number of rotatable bonds is 5. The van der Waals surface area contributed by atoms with E-state index < -0.39 is 0 Å². The molecule has 0 spiro atoms. The smallest absolute Gasteiger partial charge is 0.166 e. The molecular formula is C13H19N5. The second-order valence-electron chi connectivity index (χ2n) is 4.88. The molecule has 0 saturated heterocycles. The monoisotopic (exact) mass is 245 g/mol. The number of anilines is 1.